The minimum absolute atomic E-state index is 0.497. The van der Waals surface area contributed by atoms with Crippen molar-refractivity contribution >= 4 is 0 Å². The Morgan fingerprint density at radius 3 is 2.13 bits per heavy atom. The standard InChI is InChI=1S/C30H55N/c1-20(2)10-9-11-21(3)23-13-14-24-22-12-15-26-28(4,5)27(31-8)17-19-30(26,7)25(22)16-18-29(23,24)6/h20-27,31H,9-19H2,1-8H3/p+1. The van der Waals surface area contributed by atoms with Crippen molar-refractivity contribution in [3.63, 3.8) is 0 Å². The van der Waals surface area contributed by atoms with Gasteiger partial charge in [-0.2, -0.15) is 0 Å². The lowest BCUT2D eigenvalue weighted by Gasteiger charge is -2.64. The molecule has 4 rings (SSSR count). The molecule has 0 bridgehead atoms. The highest BCUT2D eigenvalue weighted by Crippen LogP contribution is 2.70. The number of nitrogens with two attached hydrogens (primary N) is 1. The van der Waals surface area contributed by atoms with Gasteiger partial charge in [-0.25, -0.2) is 0 Å². The van der Waals surface area contributed by atoms with E-state index in [9.17, 15) is 0 Å². The first kappa shape index (κ1) is 24.1. The second-order valence-electron chi connectivity index (χ2n) is 14.3. The summed E-state index contributed by atoms with van der Waals surface area (Å²) >= 11 is 0. The van der Waals surface area contributed by atoms with Crippen LogP contribution >= 0.6 is 0 Å². The van der Waals surface area contributed by atoms with Crippen LogP contribution in [0.15, 0.2) is 0 Å². The van der Waals surface area contributed by atoms with Crippen LogP contribution in [0.3, 0.4) is 0 Å². The van der Waals surface area contributed by atoms with Crippen LogP contribution in [0.1, 0.15) is 119 Å². The van der Waals surface area contributed by atoms with E-state index >= 15 is 0 Å². The second kappa shape index (κ2) is 8.63. The molecule has 0 aromatic heterocycles. The normalized spacial score (nSPS) is 47.5. The minimum atomic E-state index is 0.497. The van der Waals surface area contributed by atoms with Crippen LogP contribution < -0.4 is 5.32 Å². The monoisotopic (exact) mass is 430 g/mol. The zero-order valence-corrected chi connectivity index (χ0v) is 22.5. The van der Waals surface area contributed by atoms with Crippen molar-refractivity contribution in [2.24, 2.45) is 57.7 Å². The summed E-state index contributed by atoms with van der Waals surface area (Å²) in [6.07, 6.45) is 16.5. The van der Waals surface area contributed by atoms with Gasteiger partial charge in [0.15, 0.2) is 0 Å². The fraction of sp³-hybridized carbons (Fsp3) is 1.00. The van der Waals surface area contributed by atoms with Gasteiger partial charge in [0.25, 0.3) is 0 Å². The average Bonchev–Trinajstić information content (AvgIpc) is 3.04. The zero-order valence-electron chi connectivity index (χ0n) is 22.5. The van der Waals surface area contributed by atoms with Gasteiger partial charge in [0.05, 0.1) is 13.1 Å². The lowest BCUT2D eigenvalue weighted by Crippen LogP contribution is -2.91. The van der Waals surface area contributed by atoms with Crippen LogP contribution in [-0.4, -0.2) is 13.1 Å². The molecule has 0 aliphatic heterocycles. The van der Waals surface area contributed by atoms with Gasteiger partial charge in [-0.3, -0.25) is 0 Å². The Bertz CT molecular complexity index is 622. The highest BCUT2D eigenvalue weighted by molar-refractivity contribution is 5.12. The summed E-state index contributed by atoms with van der Waals surface area (Å²) in [4.78, 5) is 0. The van der Waals surface area contributed by atoms with Crippen molar-refractivity contribution in [2.75, 3.05) is 7.05 Å². The first-order chi connectivity index (χ1) is 14.6. The van der Waals surface area contributed by atoms with Crippen molar-refractivity contribution in [3.05, 3.63) is 0 Å². The summed E-state index contributed by atoms with van der Waals surface area (Å²) in [7, 11) is 2.33. The van der Waals surface area contributed by atoms with Gasteiger partial charge in [0.1, 0.15) is 0 Å². The molecule has 4 saturated carbocycles. The van der Waals surface area contributed by atoms with E-state index < -0.39 is 0 Å². The van der Waals surface area contributed by atoms with E-state index in [1.54, 1.807) is 12.8 Å². The number of rotatable bonds is 6. The minimum Gasteiger partial charge on any atom is -0.346 e. The van der Waals surface area contributed by atoms with Gasteiger partial charge in [-0.1, -0.05) is 67.7 Å². The van der Waals surface area contributed by atoms with Gasteiger partial charge in [-0.15, -0.1) is 0 Å². The van der Waals surface area contributed by atoms with Crippen LogP contribution in [0.5, 0.6) is 0 Å². The summed E-state index contributed by atoms with van der Waals surface area (Å²) in [6.45, 7) is 18.2. The Labute approximate surface area is 195 Å². The Hall–Kier alpha value is -0.0400. The highest BCUT2D eigenvalue weighted by Gasteiger charge is 2.63. The second-order valence-corrected chi connectivity index (χ2v) is 14.3. The first-order valence-corrected chi connectivity index (χ1v) is 14.3. The molecular formula is C30H56N+. The quantitative estimate of drug-likeness (QED) is 0.455. The molecule has 0 saturated heterocycles. The van der Waals surface area contributed by atoms with Crippen molar-refractivity contribution in [1.82, 2.24) is 0 Å². The van der Waals surface area contributed by atoms with E-state index in [-0.39, 0.29) is 0 Å². The fourth-order valence-corrected chi connectivity index (χ4v) is 10.8. The Balaban J connectivity index is 1.50. The van der Waals surface area contributed by atoms with Crippen LogP contribution in [0.4, 0.5) is 0 Å². The first-order valence-electron chi connectivity index (χ1n) is 14.3. The van der Waals surface area contributed by atoms with Crippen LogP contribution in [0.2, 0.25) is 0 Å². The van der Waals surface area contributed by atoms with E-state index in [4.69, 9.17) is 0 Å². The third kappa shape index (κ3) is 3.85. The summed E-state index contributed by atoms with van der Waals surface area (Å²) in [5.41, 5.74) is 1.75. The SMILES string of the molecule is C[NH2+]C1CCC2(C)C3CCC4(C)C(C(C)CCCC(C)C)CCC4C3CCC2C1(C)C. The molecule has 180 valence electrons. The maximum atomic E-state index is 2.76. The number of hydrogen-bond donors (Lipinski definition) is 1. The zero-order chi connectivity index (χ0) is 22.6. The number of hydrogen-bond acceptors (Lipinski definition) is 0. The third-order valence-electron chi connectivity index (χ3n) is 12.3. The largest absolute Gasteiger partial charge is 0.346 e. The molecule has 1 heteroatoms. The maximum absolute atomic E-state index is 2.76. The summed E-state index contributed by atoms with van der Waals surface area (Å²) in [5, 5.41) is 2.55. The molecule has 0 radical (unpaired) electrons. The molecule has 4 aliphatic rings. The lowest BCUT2D eigenvalue weighted by atomic mass is 9.40. The molecule has 4 fully saturated rings. The van der Waals surface area contributed by atoms with Gasteiger partial charge in [-0.05, 0) is 97.2 Å². The van der Waals surface area contributed by atoms with Crippen molar-refractivity contribution in [2.45, 2.75) is 125 Å². The molecular weight excluding hydrogens is 374 g/mol. The molecule has 0 amide bonds. The number of quaternary nitrogens is 1. The summed E-state index contributed by atoms with van der Waals surface area (Å²) < 4.78 is 0. The lowest BCUT2D eigenvalue weighted by molar-refractivity contribution is -0.683. The molecule has 1 nitrogen and oxygen atoms in total. The van der Waals surface area contributed by atoms with Crippen LogP contribution in [-0.2, 0) is 0 Å². The predicted octanol–water partition coefficient (Wildman–Crippen LogP) is 7.31. The van der Waals surface area contributed by atoms with E-state index in [1.165, 1.54) is 57.8 Å². The topological polar surface area (TPSA) is 16.6 Å². The molecule has 0 aromatic rings. The molecule has 0 spiro atoms. The molecule has 9 unspecified atom stereocenters. The number of fused-ring (bicyclic) bond motifs is 5. The maximum Gasteiger partial charge on any atom is 0.0911 e. The third-order valence-corrected chi connectivity index (χ3v) is 12.3. The molecule has 2 N–H and O–H groups in total. The molecule has 31 heavy (non-hydrogen) atoms. The predicted molar refractivity (Wildman–Crippen MR) is 134 cm³/mol. The van der Waals surface area contributed by atoms with Gasteiger partial charge in [0, 0.05) is 11.8 Å². The van der Waals surface area contributed by atoms with Crippen molar-refractivity contribution < 1.29 is 5.32 Å². The molecule has 4 aliphatic carbocycles. The average molecular weight is 431 g/mol. The van der Waals surface area contributed by atoms with E-state index in [0.29, 0.717) is 16.2 Å². The van der Waals surface area contributed by atoms with Gasteiger partial charge in [0.2, 0.25) is 0 Å². The Morgan fingerprint density at radius 1 is 0.774 bits per heavy atom. The van der Waals surface area contributed by atoms with Crippen LogP contribution in [0.25, 0.3) is 0 Å². The van der Waals surface area contributed by atoms with Crippen molar-refractivity contribution in [1.29, 1.82) is 0 Å². The molecule has 9 atom stereocenters. The van der Waals surface area contributed by atoms with Gasteiger partial charge >= 0.3 is 0 Å². The van der Waals surface area contributed by atoms with E-state index in [0.717, 1.165) is 47.5 Å². The van der Waals surface area contributed by atoms with Crippen molar-refractivity contribution in [3.8, 4) is 0 Å². The fourth-order valence-electron chi connectivity index (χ4n) is 10.8. The molecule has 0 heterocycles. The molecule has 0 aromatic carbocycles. The summed E-state index contributed by atoms with van der Waals surface area (Å²) in [6, 6.07) is 0.832. The van der Waals surface area contributed by atoms with E-state index in [2.05, 4.69) is 60.8 Å². The Morgan fingerprint density at radius 2 is 1.45 bits per heavy atom. The van der Waals surface area contributed by atoms with Crippen LogP contribution in [0, 0.1) is 57.7 Å². The summed E-state index contributed by atoms with van der Waals surface area (Å²) in [5.74, 6) is 6.81. The smallest absolute Gasteiger partial charge is 0.0911 e. The Kier molecular flexibility index (Phi) is 6.71. The highest BCUT2D eigenvalue weighted by atomic mass is 14.9. The van der Waals surface area contributed by atoms with E-state index in [1.807, 2.05) is 0 Å². The van der Waals surface area contributed by atoms with Gasteiger partial charge < -0.3 is 5.32 Å².